The molecule has 2 saturated heterocycles. The number of piperidine rings is 1. The lowest BCUT2D eigenvalue weighted by Gasteiger charge is -2.43. The predicted molar refractivity (Wildman–Crippen MR) is 149 cm³/mol. The summed E-state index contributed by atoms with van der Waals surface area (Å²) in [6.07, 6.45) is 1.44. The first-order chi connectivity index (χ1) is 18.5. The molecule has 2 N–H and O–H groups in total. The first-order valence-electron chi connectivity index (χ1n) is 13.7. The Hall–Kier alpha value is -3.23. The quantitative estimate of drug-likeness (QED) is 0.501. The number of Topliss-reactive ketones (excluding diaryl/α,β-unsaturated/α-hetero) is 1. The summed E-state index contributed by atoms with van der Waals surface area (Å²) in [5.74, 6) is -0.243. The van der Waals surface area contributed by atoms with E-state index in [1.54, 1.807) is 30.8 Å². The molecule has 0 radical (unpaired) electrons. The molecule has 2 aliphatic rings. The van der Waals surface area contributed by atoms with Gasteiger partial charge < -0.3 is 25.0 Å². The molecule has 0 aromatic heterocycles. The fourth-order valence-corrected chi connectivity index (χ4v) is 5.95. The van der Waals surface area contributed by atoms with Crippen molar-refractivity contribution in [1.29, 1.82) is 0 Å². The number of hydrogen-bond donors (Lipinski definition) is 1. The van der Waals surface area contributed by atoms with Crippen molar-refractivity contribution in [3.05, 3.63) is 65.7 Å². The highest BCUT2D eigenvalue weighted by Gasteiger charge is 2.55. The summed E-state index contributed by atoms with van der Waals surface area (Å²) in [6.45, 7) is 5.18. The number of nitrogens with two attached hydrogens (primary N) is 1. The second kappa shape index (κ2) is 11.9. The molecule has 0 saturated carbocycles. The van der Waals surface area contributed by atoms with E-state index in [0.717, 1.165) is 29.7 Å². The van der Waals surface area contributed by atoms with Crippen LogP contribution in [0.4, 0.5) is 0 Å². The third-order valence-electron chi connectivity index (χ3n) is 8.16. The number of carbonyl (C=O) groups is 3. The highest BCUT2D eigenvalue weighted by atomic mass is 16.5. The largest absolute Gasteiger partial charge is 0.497 e. The molecule has 2 aliphatic heterocycles. The number of likely N-dealkylation sites (tertiary alicyclic amines) is 2. The van der Waals surface area contributed by atoms with Gasteiger partial charge >= 0.3 is 0 Å². The number of rotatable bonds is 10. The number of ketones is 1. The van der Waals surface area contributed by atoms with Crippen molar-refractivity contribution in [2.24, 2.45) is 17.1 Å². The van der Waals surface area contributed by atoms with Gasteiger partial charge in [0.25, 0.3) is 0 Å². The lowest BCUT2D eigenvalue weighted by Crippen LogP contribution is -2.53. The van der Waals surface area contributed by atoms with Gasteiger partial charge in [-0.15, -0.1) is 0 Å². The van der Waals surface area contributed by atoms with Crippen LogP contribution in [0.3, 0.4) is 0 Å². The summed E-state index contributed by atoms with van der Waals surface area (Å²) in [6, 6.07) is 17.6. The van der Waals surface area contributed by atoms with Crippen molar-refractivity contribution >= 4 is 17.6 Å². The second-order valence-electron chi connectivity index (χ2n) is 11.6. The first kappa shape index (κ1) is 28.8. The number of nitrogens with zero attached hydrogens (tertiary/aromatic N) is 2. The molecule has 0 aliphatic carbocycles. The van der Waals surface area contributed by atoms with Crippen LogP contribution in [0.5, 0.6) is 5.75 Å². The molecule has 210 valence electrons. The Labute approximate surface area is 231 Å². The molecule has 4 rings (SSSR count). The molecule has 2 heterocycles. The minimum Gasteiger partial charge on any atom is -0.497 e. The van der Waals surface area contributed by atoms with Crippen LogP contribution < -0.4 is 10.5 Å². The summed E-state index contributed by atoms with van der Waals surface area (Å²) >= 11 is 0. The van der Waals surface area contributed by atoms with Gasteiger partial charge in [0.05, 0.1) is 37.2 Å². The maximum Gasteiger partial charge on any atom is 0.231 e. The van der Waals surface area contributed by atoms with Crippen molar-refractivity contribution in [1.82, 2.24) is 9.80 Å². The van der Waals surface area contributed by atoms with E-state index in [9.17, 15) is 14.4 Å². The molecule has 39 heavy (non-hydrogen) atoms. The van der Waals surface area contributed by atoms with Crippen LogP contribution in [0.2, 0.25) is 0 Å². The van der Waals surface area contributed by atoms with Crippen LogP contribution in [0.25, 0.3) is 0 Å². The normalized spacial score (nSPS) is 22.3. The van der Waals surface area contributed by atoms with Gasteiger partial charge in [-0.05, 0) is 49.9 Å². The van der Waals surface area contributed by atoms with Gasteiger partial charge in [-0.1, -0.05) is 42.5 Å². The highest BCUT2D eigenvalue weighted by molar-refractivity contribution is 5.92. The van der Waals surface area contributed by atoms with E-state index in [-0.39, 0.29) is 43.2 Å². The molecule has 0 bridgehead atoms. The van der Waals surface area contributed by atoms with Gasteiger partial charge in [0.15, 0.2) is 5.78 Å². The van der Waals surface area contributed by atoms with Crippen LogP contribution in [0.1, 0.15) is 50.2 Å². The number of amides is 2. The van der Waals surface area contributed by atoms with Gasteiger partial charge in [0.1, 0.15) is 5.75 Å². The molecule has 2 aromatic rings. The Balaban J connectivity index is 1.53. The standard InChI is InChI=1S/C31H41N3O5/c1-30(2,32)27(35)17-24(20-39-19-22-10-8-13-25(16-22)38-4)28(36)34-15-9-14-31(21-34)26(18-33(3)29(31)37)23-11-6-5-7-12-23/h5-8,10-13,16,24,26H,9,14-15,17-21,32H2,1-4H3/t24-,26?,31?/m1/s1. The molecular weight excluding hydrogens is 494 g/mol. The number of methoxy groups -OCH3 is 1. The molecule has 1 spiro atoms. The Bertz CT molecular complexity index is 1180. The molecular formula is C31H41N3O5. The van der Waals surface area contributed by atoms with Crippen LogP contribution >= 0.6 is 0 Å². The third kappa shape index (κ3) is 6.34. The third-order valence-corrected chi connectivity index (χ3v) is 8.16. The van der Waals surface area contributed by atoms with Crippen molar-refractivity contribution in [3.8, 4) is 5.75 Å². The number of likely N-dealkylation sites (N-methyl/N-ethyl adjacent to an activating group) is 1. The van der Waals surface area contributed by atoms with Gasteiger partial charge in [-0.25, -0.2) is 0 Å². The number of carbonyl (C=O) groups excluding carboxylic acids is 3. The van der Waals surface area contributed by atoms with Gasteiger partial charge in [-0.3, -0.25) is 14.4 Å². The van der Waals surface area contributed by atoms with Crippen LogP contribution in [-0.4, -0.2) is 73.3 Å². The number of hydrogen-bond acceptors (Lipinski definition) is 6. The van der Waals surface area contributed by atoms with Crippen molar-refractivity contribution in [2.45, 2.75) is 51.2 Å². The Morgan fingerprint density at radius 2 is 1.90 bits per heavy atom. The first-order valence-corrected chi connectivity index (χ1v) is 13.7. The van der Waals surface area contributed by atoms with Gasteiger partial charge in [0, 0.05) is 39.0 Å². The van der Waals surface area contributed by atoms with Crippen LogP contribution in [0, 0.1) is 11.3 Å². The van der Waals surface area contributed by atoms with Gasteiger partial charge in [0.2, 0.25) is 11.8 Å². The number of benzene rings is 2. The molecule has 8 heteroatoms. The number of ether oxygens (including phenoxy) is 2. The molecule has 2 unspecified atom stereocenters. The fourth-order valence-electron chi connectivity index (χ4n) is 5.95. The molecule has 2 amide bonds. The average molecular weight is 536 g/mol. The van der Waals surface area contributed by atoms with Crippen LogP contribution in [-0.2, 0) is 25.7 Å². The minimum atomic E-state index is -1.06. The zero-order valence-electron chi connectivity index (χ0n) is 23.5. The lowest BCUT2D eigenvalue weighted by atomic mass is 9.69. The predicted octanol–water partition coefficient (Wildman–Crippen LogP) is 3.39. The summed E-state index contributed by atoms with van der Waals surface area (Å²) in [5, 5.41) is 0. The van der Waals surface area contributed by atoms with Crippen molar-refractivity contribution in [3.63, 3.8) is 0 Å². The summed E-state index contributed by atoms with van der Waals surface area (Å²) in [7, 11) is 3.44. The fraction of sp³-hybridized carbons (Fsp3) is 0.516. The summed E-state index contributed by atoms with van der Waals surface area (Å²) in [4.78, 5) is 44.1. The summed E-state index contributed by atoms with van der Waals surface area (Å²) in [5.41, 5.74) is 6.38. The molecule has 2 aromatic carbocycles. The molecule has 8 nitrogen and oxygen atoms in total. The summed E-state index contributed by atoms with van der Waals surface area (Å²) < 4.78 is 11.3. The zero-order valence-corrected chi connectivity index (χ0v) is 23.5. The molecule has 3 atom stereocenters. The monoisotopic (exact) mass is 535 g/mol. The Morgan fingerprint density at radius 1 is 1.15 bits per heavy atom. The van der Waals surface area contributed by atoms with E-state index in [1.165, 1.54) is 0 Å². The smallest absolute Gasteiger partial charge is 0.231 e. The van der Waals surface area contributed by atoms with E-state index in [1.807, 2.05) is 49.5 Å². The zero-order chi connectivity index (χ0) is 28.2. The SMILES string of the molecule is COc1cccc(COC[C@@H](CC(=O)C(C)(C)N)C(=O)N2CCCC3(C2)C(=O)N(C)CC3c2ccccc2)c1. The molecule has 2 fully saturated rings. The van der Waals surface area contributed by atoms with E-state index in [0.29, 0.717) is 19.6 Å². The van der Waals surface area contributed by atoms with Crippen LogP contribution in [0.15, 0.2) is 54.6 Å². The second-order valence-corrected chi connectivity index (χ2v) is 11.6. The van der Waals surface area contributed by atoms with Gasteiger partial charge in [-0.2, -0.15) is 0 Å². The minimum absolute atomic E-state index is 0.000770. The van der Waals surface area contributed by atoms with E-state index in [2.05, 4.69) is 12.1 Å². The maximum atomic E-state index is 14.0. The Kier molecular flexibility index (Phi) is 8.76. The van der Waals surface area contributed by atoms with E-state index in [4.69, 9.17) is 15.2 Å². The average Bonchev–Trinajstić information content (AvgIpc) is 3.16. The maximum absolute atomic E-state index is 14.0. The van der Waals surface area contributed by atoms with E-state index < -0.39 is 16.9 Å². The van der Waals surface area contributed by atoms with Crippen molar-refractivity contribution in [2.75, 3.05) is 40.4 Å². The topological polar surface area (TPSA) is 102 Å². The highest BCUT2D eigenvalue weighted by Crippen LogP contribution is 2.49. The lowest BCUT2D eigenvalue weighted by molar-refractivity contribution is -0.148. The van der Waals surface area contributed by atoms with Crippen molar-refractivity contribution < 1.29 is 23.9 Å². The van der Waals surface area contributed by atoms with E-state index >= 15 is 0 Å². The Morgan fingerprint density at radius 3 is 2.59 bits per heavy atom.